The molecule has 1 unspecified atom stereocenters. The SMILES string of the molecule is CS(=O)(=O)c1ccc(N2N=C(C(F)(F)F)CC2c2ccc(F)cc2)cc1. The highest BCUT2D eigenvalue weighted by molar-refractivity contribution is 7.90. The van der Waals surface area contributed by atoms with Crippen molar-refractivity contribution in [2.75, 3.05) is 11.3 Å². The number of alkyl halides is 3. The Kier molecular flexibility index (Phi) is 4.51. The van der Waals surface area contributed by atoms with Gasteiger partial charge in [-0.2, -0.15) is 18.3 Å². The summed E-state index contributed by atoms with van der Waals surface area (Å²) >= 11 is 0. The van der Waals surface area contributed by atoms with Crippen LogP contribution in [0.25, 0.3) is 0 Å². The molecular weight excluding hydrogens is 372 g/mol. The fourth-order valence-electron chi connectivity index (χ4n) is 2.71. The van der Waals surface area contributed by atoms with Crippen molar-refractivity contribution in [3.8, 4) is 0 Å². The maximum atomic E-state index is 13.1. The van der Waals surface area contributed by atoms with Crippen LogP contribution in [0.4, 0.5) is 23.2 Å². The summed E-state index contributed by atoms with van der Waals surface area (Å²) in [5, 5.41) is 4.87. The van der Waals surface area contributed by atoms with Gasteiger partial charge in [0.15, 0.2) is 9.84 Å². The number of anilines is 1. The smallest absolute Gasteiger partial charge is 0.257 e. The first-order valence-electron chi connectivity index (χ1n) is 7.55. The van der Waals surface area contributed by atoms with E-state index in [1.165, 1.54) is 53.5 Å². The molecule has 2 aromatic rings. The summed E-state index contributed by atoms with van der Waals surface area (Å²) in [6.45, 7) is 0. The first-order chi connectivity index (χ1) is 12.1. The second-order valence-electron chi connectivity index (χ2n) is 5.93. The van der Waals surface area contributed by atoms with Crippen LogP contribution in [0.2, 0.25) is 0 Å². The Labute approximate surface area is 147 Å². The minimum Gasteiger partial charge on any atom is -0.257 e. The molecule has 0 aromatic heterocycles. The molecule has 26 heavy (non-hydrogen) atoms. The first kappa shape index (κ1) is 18.4. The van der Waals surface area contributed by atoms with Crippen molar-refractivity contribution in [1.29, 1.82) is 0 Å². The number of sulfone groups is 1. The van der Waals surface area contributed by atoms with Crippen molar-refractivity contribution in [2.45, 2.75) is 23.5 Å². The zero-order chi connectivity index (χ0) is 19.1. The molecular formula is C17H14F4N2O2S. The van der Waals surface area contributed by atoms with E-state index in [9.17, 15) is 26.0 Å². The fraction of sp³-hybridized carbons (Fsp3) is 0.235. The van der Waals surface area contributed by atoms with Crippen molar-refractivity contribution >= 4 is 21.2 Å². The van der Waals surface area contributed by atoms with Crippen molar-refractivity contribution in [1.82, 2.24) is 0 Å². The molecule has 138 valence electrons. The van der Waals surface area contributed by atoms with Gasteiger partial charge in [0.05, 0.1) is 16.6 Å². The van der Waals surface area contributed by atoms with E-state index in [1.807, 2.05) is 0 Å². The van der Waals surface area contributed by atoms with E-state index < -0.39 is 33.6 Å². The minimum atomic E-state index is -4.58. The number of benzene rings is 2. The van der Waals surface area contributed by atoms with E-state index >= 15 is 0 Å². The molecule has 9 heteroatoms. The first-order valence-corrected chi connectivity index (χ1v) is 9.44. The molecule has 0 fully saturated rings. The monoisotopic (exact) mass is 386 g/mol. The lowest BCUT2D eigenvalue weighted by atomic mass is 10.0. The van der Waals surface area contributed by atoms with E-state index in [0.717, 1.165) is 6.26 Å². The lowest BCUT2D eigenvalue weighted by molar-refractivity contribution is -0.0600. The summed E-state index contributed by atoms with van der Waals surface area (Å²) in [5.74, 6) is -0.493. The summed E-state index contributed by atoms with van der Waals surface area (Å²) in [6.07, 6.45) is -3.93. The maximum absolute atomic E-state index is 13.1. The molecule has 0 radical (unpaired) electrons. The van der Waals surface area contributed by atoms with Crippen LogP contribution >= 0.6 is 0 Å². The van der Waals surface area contributed by atoms with E-state index in [-0.39, 0.29) is 11.3 Å². The molecule has 0 spiro atoms. The summed E-state index contributed by atoms with van der Waals surface area (Å²) < 4.78 is 75.6. The third-order valence-corrected chi connectivity index (χ3v) is 5.15. The number of rotatable bonds is 3. The zero-order valence-electron chi connectivity index (χ0n) is 13.5. The molecule has 1 atom stereocenters. The fourth-order valence-corrected chi connectivity index (χ4v) is 3.34. The van der Waals surface area contributed by atoms with Gasteiger partial charge in [-0.05, 0) is 42.0 Å². The van der Waals surface area contributed by atoms with Crippen LogP contribution in [0.1, 0.15) is 18.0 Å². The van der Waals surface area contributed by atoms with Gasteiger partial charge in [-0.1, -0.05) is 12.1 Å². The van der Waals surface area contributed by atoms with E-state index in [1.54, 1.807) is 0 Å². The number of hydrogen-bond acceptors (Lipinski definition) is 4. The van der Waals surface area contributed by atoms with Gasteiger partial charge in [0, 0.05) is 12.7 Å². The molecule has 1 aliphatic heterocycles. The third-order valence-electron chi connectivity index (χ3n) is 4.02. The largest absolute Gasteiger partial charge is 0.431 e. The van der Waals surface area contributed by atoms with Crippen molar-refractivity contribution in [3.05, 3.63) is 59.9 Å². The zero-order valence-corrected chi connectivity index (χ0v) is 14.4. The lowest BCUT2D eigenvalue weighted by Gasteiger charge is -2.24. The predicted molar refractivity (Wildman–Crippen MR) is 89.3 cm³/mol. The van der Waals surface area contributed by atoms with Gasteiger partial charge in [-0.15, -0.1) is 0 Å². The molecule has 0 saturated carbocycles. The molecule has 2 aromatic carbocycles. The van der Waals surface area contributed by atoms with Gasteiger partial charge in [0.25, 0.3) is 0 Å². The normalized spacial score (nSPS) is 18.1. The van der Waals surface area contributed by atoms with Gasteiger partial charge >= 0.3 is 6.18 Å². The average molecular weight is 386 g/mol. The molecule has 4 nitrogen and oxygen atoms in total. The van der Waals surface area contributed by atoms with Gasteiger partial charge in [0.2, 0.25) is 0 Å². The Morgan fingerprint density at radius 1 is 1.04 bits per heavy atom. The second-order valence-corrected chi connectivity index (χ2v) is 7.94. The van der Waals surface area contributed by atoms with Gasteiger partial charge in [-0.25, -0.2) is 12.8 Å². The Morgan fingerprint density at radius 2 is 1.62 bits per heavy atom. The summed E-state index contributed by atoms with van der Waals surface area (Å²) in [7, 11) is -3.42. The van der Waals surface area contributed by atoms with E-state index in [2.05, 4.69) is 5.10 Å². The third kappa shape index (κ3) is 3.72. The van der Waals surface area contributed by atoms with Crippen LogP contribution in [0, 0.1) is 5.82 Å². The van der Waals surface area contributed by atoms with Crippen LogP contribution in [0.3, 0.4) is 0 Å². The van der Waals surface area contributed by atoms with Crippen molar-refractivity contribution in [3.63, 3.8) is 0 Å². The summed E-state index contributed by atoms with van der Waals surface area (Å²) in [6, 6.07) is 9.82. The molecule has 0 aliphatic carbocycles. The quantitative estimate of drug-likeness (QED) is 0.747. The molecule has 0 amide bonds. The van der Waals surface area contributed by atoms with Crippen molar-refractivity contribution in [2.24, 2.45) is 5.10 Å². The second kappa shape index (κ2) is 6.39. The maximum Gasteiger partial charge on any atom is 0.431 e. The Morgan fingerprint density at radius 3 is 2.12 bits per heavy atom. The van der Waals surface area contributed by atoms with Gasteiger partial charge < -0.3 is 0 Å². The van der Waals surface area contributed by atoms with E-state index in [4.69, 9.17) is 0 Å². The predicted octanol–water partition coefficient (Wildman–Crippen LogP) is 4.10. The molecule has 1 heterocycles. The lowest BCUT2D eigenvalue weighted by Crippen LogP contribution is -2.21. The molecule has 1 aliphatic rings. The van der Waals surface area contributed by atoms with Crippen LogP contribution < -0.4 is 5.01 Å². The minimum absolute atomic E-state index is 0.0544. The van der Waals surface area contributed by atoms with Crippen LogP contribution in [-0.2, 0) is 9.84 Å². The van der Waals surface area contributed by atoms with Gasteiger partial charge in [0.1, 0.15) is 11.5 Å². The van der Waals surface area contributed by atoms with Crippen LogP contribution in [0.5, 0.6) is 0 Å². The number of halogens is 4. The number of nitrogens with zero attached hydrogens (tertiary/aromatic N) is 2. The highest BCUT2D eigenvalue weighted by atomic mass is 32.2. The average Bonchev–Trinajstić information content (AvgIpc) is 3.00. The molecule has 3 rings (SSSR count). The van der Waals surface area contributed by atoms with Gasteiger partial charge in [-0.3, -0.25) is 5.01 Å². The Hall–Kier alpha value is -2.42. The van der Waals surface area contributed by atoms with Crippen LogP contribution in [-0.4, -0.2) is 26.6 Å². The van der Waals surface area contributed by atoms with E-state index in [0.29, 0.717) is 11.3 Å². The highest BCUT2D eigenvalue weighted by Gasteiger charge is 2.43. The molecule has 0 N–H and O–H groups in total. The number of hydrogen-bond donors (Lipinski definition) is 0. The molecule has 0 saturated heterocycles. The topological polar surface area (TPSA) is 49.7 Å². The summed E-state index contributed by atoms with van der Waals surface area (Å²) in [5.41, 5.74) is -0.161. The molecule has 0 bridgehead atoms. The standard InChI is InChI=1S/C17H14F4N2O2S/c1-26(24,25)14-8-6-13(7-9-14)23-15(10-16(22-23)17(19,20)21)11-2-4-12(18)5-3-11/h2-9,15H,10H2,1H3. The Bertz CT molecular complexity index is 936. The van der Waals surface area contributed by atoms with Crippen LogP contribution in [0.15, 0.2) is 58.5 Å². The number of hydrazone groups is 1. The Balaban J connectivity index is 2.01. The summed E-state index contributed by atoms with van der Waals surface area (Å²) in [4.78, 5) is 0.0544. The van der Waals surface area contributed by atoms with Crippen molar-refractivity contribution < 1.29 is 26.0 Å². The highest BCUT2D eigenvalue weighted by Crippen LogP contribution is 2.39.